The molecule has 0 aliphatic carbocycles. The third-order valence-corrected chi connectivity index (χ3v) is 2.05. The molecule has 0 aliphatic rings. The molecule has 3 heterocycles. The normalized spacial score (nSPS) is 10.8. The van der Waals surface area contributed by atoms with E-state index >= 15 is 0 Å². The zero-order chi connectivity index (χ0) is 11.8. The average Bonchev–Trinajstić information content (AvgIpc) is 2.71. The second-order valence-corrected chi connectivity index (χ2v) is 3.19. The summed E-state index contributed by atoms with van der Waals surface area (Å²) in [5.41, 5.74) is 11.6. The molecule has 17 heavy (non-hydrogen) atoms. The molecule has 84 valence electrons. The van der Waals surface area contributed by atoms with Crippen molar-refractivity contribution in [3.63, 3.8) is 0 Å². The third kappa shape index (κ3) is 1.49. The molecule has 3 rings (SSSR count). The zero-order valence-corrected chi connectivity index (χ0v) is 8.52. The molecule has 0 radical (unpaired) electrons. The fourth-order valence-corrected chi connectivity index (χ4v) is 1.39. The lowest BCUT2D eigenvalue weighted by Gasteiger charge is -1.99. The highest BCUT2D eigenvalue weighted by atomic mass is 15.4. The summed E-state index contributed by atoms with van der Waals surface area (Å²) in [5.74, 6) is 0.656. The van der Waals surface area contributed by atoms with E-state index in [0.29, 0.717) is 11.5 Å². The Bertz CT molecular complexity index is 668. The van der Waals surface area contributed by atoms with Crippen molar-refractivity contribution in [2.24, 2.45) is 0 Å². The summed E-state index contributed by atoms with van der Waals surface area (Å²) in [6.07, 6.45) is 1.60. The summed E-state index contributed by atoms with van der Waals surface area (Å²) in [6.45, 7) is 0. The molecule has 0 bridgehead atoms. The Labute approximate surface area is 94.5 Å². The first-order chi connectivity index (χ1) is 8.24. The molecular formula is C8H7N9. The van der Waals surface area contributed by atoms with E-state index in [2.05, 4.69) is 30.2 Å². The number of anilines is 2. The maximum atomic E-state index is 5.49. The highest BCUT2D eigenvalue weighted by molar-refractivity contribution is 5.52. The molecule has 0 fully saturated rings. The van der Waals surface area contributed by atoms with Gasteiger partial charge in [-0.1, -0.05) is 0 Å². The molecule has 9 nitrogen and oxygen atoms in total. The summed E-state index contributed by atoms with van der Waals surface area (Å²) in [6, 6.07) is 3.52. The van der Waals surface area contributed by atoms with E-state index in [1.54, 1.807) is 18.3 Å². The van der Waals surface area contributed by atoms with Gasteiger partial charge in [0.2, 0.25) is 23.5 Å². The van der Waals surface area contributed by atoms with Crippen LogP contribution in [0.1, 0.15) is 0 Å². The Morgan fingerprint density at radius 3 is 2.53 bits per heavy atom. The van der Waals surface area contributed by atoms with Gasteiger partial charge in [0.1, 0.15) is 0 Å². The first kappa shape index (κ1) is 9.39. The summed E-state index contributed by atoms with van der Waals surface area (Å²) >= 11 is 0. The topological polar surface area (TPSA) is 134 Å². The van der Waals surface area contributed by atoms with Crippen LogP contribution < -0.4 is 11.5 Å². The number of nitrogens with two attached hydrogens (primary N) is 2. The number of fused-ring (bicyclic) bond motifs is 1. The maximum absolute atomic E-state index is 5.49. The van der Waals surface area contributed by atoms with Crippen LogP contribution in [0.2, 0.25) is 0 Å². The minimum Gasteiger partial charge on any atom is -0.368 e. The number of hydrogen-bond acceptors (Lipinski definition) is 8. The van der Waals surface area contributed by atoms with E-state index in [4.69, 9.17) is 11.5 Å². The van der Waals surface area contributed by atoms with Gasteiger partial charge in [0.05, 0.1) is 0 Å². The van der Waals surface area contributed by atoms with Crippen LogP contribution >= 0.6 is 0 Å². The van der Waals surface area contributed by atoms with E-state index in [1.807, 2.05) is 0 Å². The standard InChI is InChI=1S/C8H7N9/c9-7-12-5(13-8(10)14-7)6-16-15-4-2-1-3-11-17(4)6/h1-3H,(H4,9,10,12,13,14). The van der Waals surface area contributed by atoms with Crippen molar-refractivity contribution < 1.29 is 0 Å². The molecule has 0 saturated carbocycles. The van der Waals surface area contributed by atoms with Crippen LogP contribution in [-0.4, -0.2) is 34.8 Å². The fourth-order valence-electron chi connectivity index (χ4n) is 1.39. The Morgan fingerprint density at radius 1 is 1.00 bits per heavy atom. The van der Waals surface area contributed by atoms with E-state index in [-0.39, 0.29) is 17.7 Å². The fraction of sp³-hybridized carbons (Fsp3) is 0. The molecule has 3 aromatic rings. The zero-order valence-electron chi connectivity index (χ0n) is 8.52. The second-order valence-electron chi connectivity index (χ2n) is 3.19. The van der Waals surface area contributed by atoms with Gasteiger partial charge in [0.15, 0.2) is 5.65 Å². The van der Waals surface area contributed by atoms with Gasteiger partial charge in [0.25, 0.3) is 0 Å². The number of hydrogen-bond donors (Lipinski definition) is 2. The molecule has 0 aromatic carbocycles. The van der Waals surface area contributed by atoms with Crippen molar-refractivity contribution in [1.82, 2.24) is 34.8 Å². The Hall–Kier alpha value is -2.84. The van der Waals surface area contributed by atoms with Gasteiger partial charge in [-0.2, -0.15) is 24.6 Å². The summed E-state index contributed by atoms with van der Waals surface area (Å²) in [7, 11) is 0. The predicted octanol–water partition coefficient (Wildman–Crippen LogP) is -0.859. The van der Waals surface area contributed by atoms with E-state index in [9.17, 15) is 0 Å². The molecular weight excluding hydrogens is 222 g/mol. The van der Waals surface area contributed by atoms with Crippen molar-refractivity contribution in [3.8, 4) is 11.6 Å². The molecule has 3 aromatic heterocycles. The molecule has 0 atom stereocenters. The number of nitrogens with zero attached hydrogens (tertiary/aromatic N) is 7. The van der Waals surface area contributed by atoms with Gasteiger partial charge in [0, 0.05) is 6.20 Å². The van der Waals surface area contributed by atoms with Crippen LogP contribution in [0, 0.1) is 0 Å². The second kappa shape index (κ2) is 3.33. The van der Waals surface area contributed by atoms with Crippen molar-refractivity contribution in [2.75, 3.05) is 11.5 Å². The summed E-state index contributed by atoms with van der Waals surface area (Å²) < 4.78 is 1.49. The Morgan fingerprint density at radius 2 is 1.76 bits per heavy atom. The van der Waals surface area contributed by atoms with Crippen LogP contribution in [0.5, 0.6) is 0 Å². The lowest BCUT2D eigenvalue weighted by molar-refractivity contribution is 0.915. The van der Waals surface area contributed by atoms with E-state index < -0.39 is 0 Å². The van der Waals surface area contributed by atoms with Gasteiger partial charge in [-0.05, 0) is 12.1 Å². The third-order valence-electron chi connectivity index (χ3n) is 2.05. The van der Waals surface area contributed by atoms with Gasteiger partial charge in [-0.3, -0.25) is 0 Å². The Kier molecular flexibility index (Phi) is 1.84. The van der Waals surface area contributed by atoms with Crippen molar-refractivity contribution in [2.45, 2.75) is 0 Å². The van der Waals surface area contributed by atoms with Crippen LogP contribution in [-0.2, 0) is 0 Å². The van der Waals surface area contributed by atoms with Crippen molar-refractivity contribution in [3.05, 3.63) is 18.3 Å². The van der Waals surface area contributed by atoms with Gasteiger partial charge >= 0.3 is 0 Å². The molecule has 0 saturated heterocycles. The molecule has 4 N–H and O–H groups in total. The van der Waals surface area contributed by atoms with Gasteiger partial charge in [-0.25, -0.2) is 0 Å². The Balaban J connectivity index is 2.27. The SMILES string of the molecule is Nc1nc(N)nc(-c2nnc3cccnn23)n1. The summed E-state index contributed by atoms with van der Waals surface area (Å²) in [4.78, 5) is 11.6. The van der Waals surface area contributed by atoms with Crippen LogP contribution in [0.15, 0.2) is 18.3 Å². The quantitative estimate of drug-likeness (QED) is 0.550. The lowest BCUT2D eigenvalue weighted by Crippen LogP contribution is -2.06. The van der Waals surface area contributed by atoms with Gasteiger partial charge in [-0.15, -0.1) is 10.2 Å². The monoisotopic (exact) mass is 229 g/mol. The first-order valence-corrected chi connectivity index (χ1v) is 4.68. The van der Waals surface area contributed by atoms with Crippen molar-refractivity contribution in [1.29, 1.82) is 0 Å². The minimum atomic E-state index is 0.0279. The smallest absolute Gasteiger partial charge is 0.225 e. The number of rotatable bonds is 1. The number of nitrogen functional groups attached to an aromatic ring is 2. The van der Waals surface area contributed by atoms with Crippen molar-refractivity contribution >= 4 is 17.5 Å². The molecule has 9 heteroatoms. The maximum Gasteiger partial charge on any atom is 0.225 e. The van der Waals surface area contributed by atoms with Gasteiger partial charge < -0.3 is 11.5 Å². The number of aromatic nitrogens is 7. The molecule has 0 aliphatic heterocycles. The first-order valence-electron chi connectivity index (χ1n) is 4.68. The van der Waals surface area contributed by atoms with Crippen LogP contribution in [0.25, 0.3) is 17.3 Å². The van der Waals surface area contributed by atoms with E-state index in [1.165, 1.54) is 4.52 Å². The van der Waals surface area contributed by atoms with E-state index in [0.717, 1.165) is 0 Å². The molecule has 0 amide bonds. The highest BCUT2D eigenvalue weighted by Crippen LogP contribution is 2.13. The average molecular weight is 229 g/mol. The highest BCUT2D eigenvalue weighted by Gasteiger charge is 2.13. The lowest BCUT2D eigenvalue weighted by atomic mass is 10.5. The summed E-state index contributed by atoms with van der Waals surface area (Å²) in [5, 5.41) is 11.9. The molecule has 0 spiro atoms. The largest absolute Gasteiger partial charge is 0.368 e. The van der Waals surface area contributed by atoms with Crippen LogP contribution in [0.3, 0.4) is 0 Å². The minimum absolute atomic E-state index is 0.0279. The predicted molar refractivity (Wildman–Crippen MR) is 58.4 cm³/mol. The molecule has 0 unspecified atom stereocenters. The van der Waals surface area contributed by atoms with Crippen LogP contribution in [0.4, 0.5) is 11.9 Å².